The number of fused-ring (bicyclic) bond motifs is 1. The second kappa shape index (κ2) is 7.89. The van der Waals surface area contributed by atoms with E-state index in [4.69, 9.17) is 9.26 Å². The van der Waals surface area contributed by atoms with Gasteiger partial charge in [0.15, 0.2) is 5.69 Å². The van der Waals surface area contributed by atoms with E-state index in [1.165, 1.54) is 0 Å². The monoisotopic (exact) mass is 377 g/mol. The van der Waals surface area contributed by atoms with Crippen LogP contribution in [0.1, 0.15) is 48.5 Å². The number of aliphatic hydroxyl groups is 1. The highest BCUT2D eigenvalue weighted by atomic mass is 16.5. The van der Waals surface area contributed by atoms with E-state index in [1.807, 2.05) is 4.90 Å². The molecule has 0 bridgehead atoms. The Bertz CT molecular complexity index is 666. The van der Waals surface area contributed by atoms with E-state index in [1.54, 1.807) is 0 Å². The van der Waals surface area contributed by atoms with Crippen LogP contribution >= 0.6 is 0 Å². The zero-order valence-electron chi connectivity index (χ0n) is 16.4. The number of aromatic nitrogens is 1. The Morgan fingerprint density at radius 2 is 1.81 bits per heavy atom. The first-order valence-corrected chi connectivity index (χ1v) is 10.3. The van der Waals surface area contributed by atoms with Gasteiger partial charge >= 0.3 is 0 Å². The molecule has 3 aliphatic rings. The predicted molar refractivity (Wildman–Crippen MR) is 99.6 cm³/mol. The standard InChI is InChI=1S/C20H31N3O4/c1-13-7-22(8-14(2)26-13)9-15-10-23(11-16(15)12-24)20(25)19-17-5-3-4-6-18(17)27-21-19/h13-16,24H,3-12H2,1-2H3/t13-,14+,15-,16-/m1/s1. The van der Waals surface area contributed by atoms with Crippen molar-refractivity contribution in [1.82, 2.24) is 15.0 Å². The summed E-state index contributed by atoms with van der Waals surface area (Å²) >= 11 is 0. The molecule has 1 aliphatic carbocycles. The second-order valence-corrected chi connectivity index (χ2v) is 8.53. The molecule has 27 heavy (non-hydrogen) atoms. The van der Waals surface area contributed by atoms with Crippen LogP contribution < -0.4 is 0 Å². The molecule has 150 valence electrons. The van der Waals surface area contributed by atoms with Crippen molar-refractivity contribution >= 4 is 5.91 Å². The van der Waals surface area contributed by atoms with Crippen LogP contribution in [0.15, 0.2) is 4.52 Å². The minimum absolute atomic E-state index is 0.0356. The number of nitrogens with zero attached hydrogens (tertiary/aromatic N) is 3. The molecule has 1 aromatic rings. The first-order chi connectivity index (χ1) is 13.0. The Balaban J connectivity index is 1.43. The number of rotatable bonds is 4. The molecule has 2 saturated heterocycles. The third kappa shape index (κ3) is 3.91. The number of amides is 1. The highest BCUT2D eigenvalue weighted by Crippen LogP contribution is 2.29. The summed E-state index contributed by atoms with van der Waals surface area (Å²) in [6.07, 6.45) is 4.40. The number of carbonyl (C=O) groups excluding carboxylic acids is 1. The van der Waals surface area contributed by atoms with Gasteiger partial charge in [-0.15, -0.1) is 0 Å². The van der Waals surface area contributed by atoms with Crippen LogP contribution in [0, 0.1) is 11.8 Å². The first-order valence-electron chi connectivity index (χ1n) is 10.3. The summed E-state index contributed by atoms with van der Waals surface area (Å²) < 4.78 is 11.2. The molecule has 2 fully saturated rings. The maximum absolute atomic E-state index is 13.1. The van der Waals surface area contributed by atoms with Crippen molar-refractivity contribution in [3.05, 3.63) is 17.0 Å². The Kier molecular flexibility index (Phi) is 5.53. The highest BCUT2D eigenvalue weighted by Gasteiger charge is 2.39. The molecule has 0 spiro atoms. The van der Waals surface area contributed by atoms with Crippen molar-refractivity contribution < 1.29 is 19.2 Å². The average Bonchev–Trinajstić information content (AvgIpc) is 3.24. The number of morpholine rings is 1. The predicted octanol–water partition coefficient (Wildman–Crippen LogP) is 1.34. The van der Waals surface area contributed by atoms with E-state index >= 15 is 0 Å². The van der Waals surface area contributed by atoms with Crippen LogP contribution in [0.4, 0.5) is 0 Å². The van der Waals surface area contributed by atoms with Gasteiger partial charge in [0.25, 0.3) is 5.91 Å². The van der Waals surface area contributed by atoms with E-state index in [0.29, 0.717) is 18.8 Å². The van der Waals surface area contributed by atoms with E-state index in [-0.39, 0.29) is 36.6 Å². The smallest absolute Gasteiger partial charge is 0.276 e. The van der Waals surface area contributed by atoms with E-state index in [9.17, 15) is 9.90 Å². The summed E-state index contributed by atoms with van der Waals surface area (Å²) in [5.74, 6) is 1.24. The van der Waals surface area contributed by atoms with Crippen LogP contribution in [0.5, 0.6) is 0 Å². The molecule has 0 aromatic carbocycles. The van der Waals surface area contributed by atoms with E-state index in [0.717, 1.165) is 56.6 Å². The van der Waals surface area contributed by atoms with Gasteiger partial charge in [-0.1, -0.05) is 5.16 Å². The molecule has 1 aromatic heterocycles. The Labute approximate surface area is 160 Å². The summed E-state index contributed by atoms with van der Waals surface area (Å²) in [7, 11) is 0. The molecule has 0 radical (unpaired) electrons. The molecule has 4 rings (SSSR count). The topological polar surface area (TPSA) is 79.0 Å². The number of carbonyl (C=O) groups is 1. The van der Waals surface area contributed by atoms with E-state index in [2.05, 4.69) is 23.9 Å². The zero-order valence-corrected chi connectivity index (χ0v) is 16.4. The zero-order chi connectivity index (χ0) is 19.0. The molecular formula is C20H31N3O4. The van der Waals surface area contributed by atoms with Gasteiger partial charge in [0.2, 0.25) is 0 Å². The average molecular weight is 377 g/mol. The minimum Gasteiger partial charge on any atom is -0.396 e. The Morgan fingerprint density at radius 1 is 1.11 bits per heavy atom. The summed E-state index contributed by atoms with van der Waals surface area (Å²) in [6, 6.07) is 0. The van der Waals surface area contributed by atoms with Gasteiger partial charge in [-0.05, 0) is 39.0 Å². The maximum atomic E-state index is 13.1. The molecule has 0 saturated carbocycles. The lowest BCUT2D eigenvalue weighted by atomic mass is 9.96. The molecular weight excluding hydrogens is 346 g/mol. The normalized spacial score (nSPS) is 31.9. The fraction of sp³-hybridized carbons (Fsp3) is 0.800. The molecule has 1 N–H and O–H groups in total. The third-order valence-electron chi connectivity index (χ3n) is 6.24. The molecule has 3 heterocycles. The van der Waals surface area contributed by atoms with Gasteiger partial charge in [-0.2, -0.15) is 0 Å². The van der Waals surface area contributed by atoms with Gasteiger partial charge in [0, 0.05) is 57.2 Å². The Morgan fingerprint density at radius 3 is 2.56 bits per heavy atom. The summed E-state index contributed by atoms with van der Waals surface area (Å²) in [5.41, 5.74) is 1.50. The van der Waals surface area contributed by atoms with Gasteiger partial charge in [-0.25, -0.2) is 0 Å². The van der Waals surface area contributed by atoms with Crippen LogP contribution in [-0.4, -0.2) is 77.5 Å². The summed E-state index contributed by atoms with van der Waals surface area (Å²) in [6.45, 7) is 8.29. The summed E-state index contributed by atoms with van der Waals surface area (Å²) in [5, 5.41) is 14.0. The van der Waals surface area contributed by atoms with Crippen molar-refractivity contribution in [3.63, 3.8) is 0 Å². The molecule has 0 unspecified atom stereocenters. The maximum Gasteiger partial charge on any atom is 0.276 e. The van der Waals surface area contributed by atoms with Crippen molar-refractivity contribution in [2.45, 2.75) is 51.7 Å². The van der Waals surface area contributed by atoms with Crippen LogP contribution in [-0.2, 0) is 17.6 Å². The van der Waals surface area contributed by atoms with Gasteiger partial charge in [0.1, 0.15) is 5.76 Å². The number of ether oxygens (including phenoxy) is 1. The number of hydrogen-bond acceptors (Lipinski definition) is 6. The second-order valence-electron chi connectivity index (χ2n) is 8.53. The van der Waals surface area contributed by atoms with Crippen molar-refractivity contribution in [1.29, 1.82) is 0 Å². The largest absolute Gasteiger partial charge is 0.396 e. The molecule has 7 nitrogen and oxygen atoms in total. The van der Waals surface area contributed by atoms with Gasteiger partial charge in [0.05, 0.1) is 12.2 Å². The first kappa shape index (κ1) is 18.9. The fourth-order valence-electron chi connectivity index (χ4n) is 4.99. The van der Waals surface area contributed by atoms with Gasteiger partial charge < -0.3 is 19.3 Å². The minimum atomic E-state index is -0.0356. The third-order valence-corrected chi connectivity index (χ3v) is 6.24. The van der Waals surface area contributed by atoms with Crippen molar-refractivity contribution in [2.75, 3.05) is 39.3 Å². The molecule has 1 amide bonds. The molecule has 4 atom stereocenters. The van der Waals surface area contributed by atoms with E-state index < -0.39 is 0 Å². The van der Waals surface area contributed by atoms with Gasteiger partial charge in [-0.3, -0.25) is 9.69 Å². The summed E-state index contributed by atoms with van der Waals surface area (Å²) in [4.78, 5) is 17.4. The quantitative estimate of drug-likeness (QED) is 0.853. The van der Waals surface area contributed by atoms with Crippen LogP contribution in [0.25, 0.3) is 0 Å². The lowest BCUT2D eigenvalue weighted by Gasteiger charge is -2.37. The van der Waals surface area contributed by atoms with Crippen molar-refractivity contribution in [3.8, 4) is 0 Å². The van der Waals surface area contributed by atoms with Crippen molar-refractivity contribution in [2.24, 2.45) is 11.8 Å². The molecule has 7 heteroatoms. The molecule has 2 aliphatic heterocycles. The lowest BCUT2D eigenvalue weighted by Crippen LogP contribution is -2.48. The Hall–Kier alpha value is -1.44. The SMILES string of the molecule is C[C@@H]1CN(C[C@@H]2CN(C(=O)c3noc4c3CCCC4)C[C@@H]2CO)C[C@H](C)O1. The number of aliphatic hydroxyl groups excluding tert-OH is 1. The highest BCUT2D eigenvalue weighted by molar-refractivity contribution is 5.94. The van der Waals surface area contributed by atoms with Crippen LogP contribution in [0.3, 0.4) is 0 Å². The number of aryl methyl sites for hydroxylation is 1. The number of hydrogen-bond donors (Lipinski definition) is 1. The lowest BCUT2D eigenvalue weighted by molar-refractivity contribution is -0.0726. The number of likely N-dealkylation sites (tertiary alicyclic amines) is 1. The fourth-order valence-corrected chi connectivity index (χ4v) is 4.99. The van der Waals surface area contributed by atoms with Crippen LogP contribution in [0.2, 0.25) is 0 Å².